The van der Waals surface area contributed by atoms with E-state index in [1.807, 2.05) is 26.0 Å². The summed E-state index contributed by atoms with van der Waals surface area (Å²) in [7, 11) is 0. The van der Waals surface area contributed by atoms with Gasteiger partial charge in [-0.1, -0.05) is 37.6 Å². The third-order valence-corrected chi connectivity index (χ3v) is 7.35. The minimum atomic E-state index is -0.631. The minimum Gasteiger partial charge on any atom is -0.458 e. The normalized spacial score (nSPS) is 33.3. The molecule has 36 heavy (non-hydrogen) atoms. The predicted molar refractivity (Wildman–Crippen MR) is 139 cm³/mol. The molecule has 3 fully saturated rings. The number of allylic oxidation sites excluding steroid dienone is 3. The van der Waals surface area contributed by atoms with Crippen LogP contribution in [0.1, 0.15) is 80.1 Å². The van der Waals surface area contributed by atoms with Crippen molar-refractivity contribution in [3.8, 4) is 0 Å². The second-order valence-electron chi connectivity index (χ2n) is 11.7. The molecular weight excluding hydrogens is 458 g/mol. The van der Waals surface area contributed by atoms with Crippen molar-refractivity contribution in [3.63, 3.8) is 0 Å². The fourth-order valence-electron chi connectivity index (χ4n) is 5.15. The van der Waals surface area contributed by atoms with E-state index in [0.29, 0.717) is 18.9 Å². The Balaban J connectivity index is 1.38. The van der Waals surface area contributed by atoms with Crippen LogP contribution in [0.4, 0.5) is 0 Å². The summed E-state index contributed by atoms with van der Waals surface area (Å²) in [6, 6.07) is 0.183. The van der Waals surface area contributed by atoms with E-state index in [9.17, 15) is 14.7 Å². The molecule has 7 nitrogen and oxygen atoms in total. The lowest BCUT2D eigenvalue weighted by atomic mass is 9.83. The van der Waals surface area contributed by atoms with Crippen LogP contribution < -0.4 is 5.32 Å². The maximum atomic E-state index is 12.3. The number of amides is 1. The van der Waals surface area contributed by atoms with Gasteiger partial charge in [-0.2, -0.15) is 0 Å². The van der Waals surface area contributed by atoms with Crippen molar-refractivity contribution >= 4 is 11.9 Å². The molecule has 3 rings (SSSR count). The standard InChI is InChI=1S/C29H45NO6/c1-19(2)27(33)35-21(4)9-16-25(31)30-23-13-11-22(12-14-23)10-7-20(3)8-15-24-26(32)29(18-34-29)17-28(5,6)36-24/h7-9,15-16,19,21-24,26,32H,10-14,17-18H2,1-6H3,(H,30,31)/b15-8+,16-9-,20-7+/t21-,22?,23?,24+,26+,29+/m0/s1. The molecule has 0 radical (unpaired) electrons. The summed E-state index contributed by atoms with van der Waals surface area (Å²) in [5, 5.41) is 13.7. The lowest BCUT2D eigenvalue weighted by molar-refractivity contribution is -0.171. The number of carbonyl (C=O) groups is 2. The largest absolute Gasteiger partial charge is 0.458 e. The van der Waals surface area contributed by atoms with E-state index in [-0.39, 0.29) is 35.5 Å². The SMILES string of the molecule is CC(/C=C/[C@H]1OC(C)(C)C[C@@]2(CO2)[C@@H]1O)=C\CC1CCC(NC(=O)/C=C\[C@H](C)OC(=O)C(C)C)CC1. The van der Waals surface area contributed by atoms with Gasteiger partial charge in [0.25, 0.3) is 0 Å². The van der Waals surface area contributed by atoms with Gasteiger partial charge in [0.05, 0.1) is 18.1 Å². The summed E-state index contributed by atoms with van der Waals surface area (Å²) in [6.45, 7) is 12.1. The topological polar surface area (TPSA) is 97.4 Å². The smallest absolute Gasteiger partial charge is 0.308 e. The molecule has 0 aromatic carbocycles. The average Bonchev–Trinajstić information content (AvgIpc) is 3.58. The Labute approximate surface area is 216 Å². The Hall–Kier alpha value is -1.96. The van der Waals surface area contributed by atoms with Gasteiger partial charge in [0.2, 0.25) is 5.91 Å². The van der Waals surface area contributed by atoms with Gasteiger partial charge in [0, 0.05) is 18.5 Å². The number of hydrogen-bond donors (Lipinski definition) is 2. The van der Waals surface area contributed by atoms with Crippen molar-refractivity contribution in [3.05, 3.63) is 36.0 Å². The predicted octanol–water partition coefficient (Wildman–Crippen LogP) is 4.40. The molecule has 2 saturated heterocycles. The van der Waals surface area contributed by atoms with E-state index < -0.39 is 17.8 Å². The number of hydrogen-bond acceptors (Lipinski definition) is 6. The van der Waals surface area contributed by atoms with Crippen LogP contribution in [0, 0.1) is 11.8 Å². The molecular formula is C29H45NO6. The molecule has 0 aromatic rings. The first-order chi connectivity index (χ1) is 16.9. The number of nitrogens with one attached hydrogen (secondary N) is 1. The van der Waals surface area contributed by atoms with E-state index in [1.54, 1.807) is 26.8 Å². The Morgan fingerprint density at radius 3 is 2.42 bits per heavy atom. The quantitative estimate of drug-likeness (QED) is 0.210. The highest BCUT2D eigenvalue weighted by atomic mass is 16.6. The highest BCUT2D eigenvalue weighted by Gasteiger charge is 2.60. The number of carbonyl (C=O) groups excluding carboxylic acids is 2. The number of esters is 1. The maximum Gasteiger partial charge on any atom is 0.308 e. The van der Waals surface area contributed by atoms with Gasteiger partial charge in [-0.3, -0.25) is 9.59 Å². The molecule has 3 aliphatic rings. The number of ether oxygens (including phenoxy) is 3. The van der Waals surface area contributed by atoms with Crippen LogP contribution in [0.5, 0.6) is 0 Å². The first-order valence-corrected chi connectivity index (χ1v) is 13.4. The third kappa shape index (κ3) is 8.29. The summed E-state index contributed by atoms with van der Waals surface area (Å²) in [5.74, 6) is 0.0120. The van der Waals surface area contributed by atoms with Gasteiger partial charge in [-0.05, 0) is 71.8 Å². The number of epoxide rings is 1. The van der Waals surface area contributed by atoms with Crippen molar-refractivity contribution in [2.24, 2.45) is 11.8 Å². The molecule has 2 N–H and O–H groups in total. The Morgan fingerprint density at radius 2 is 1.81 bits per heavy atom. The van der Waals surface area contributed by atoms with Gasteiger partial charge < -0.3 is 24.6 Å². The molecule has 0 bridgehead atoms. The van der Waals surface area contributed by atoms with Gasteiger partial charge in [0.15, 0.2) is 0 Å². The zero-order chi connectivity index (χ0) is 26.5. The van der Waals surface area contributed by atoms with E-state index in [1.165, 1.54) is 6.08 Å². The first kappa shape index (κ1) is 28.6. The lowest BCUT2D eigenvalue weighted by Crippen LogP contribution is -2.53. The van der Waals surface area contributed by atoms with Crippen LogP contribution in [0.2, 0.25) is 0 Å². The number of rotatable bonds is 9. The lowest BCUT2D eigenvalue weighted by Gasteiger charge is -2.41. The van der Waals surface area contributed by atoms with E-state index in [0.717, 1.165) is 37.7 Å². The molecule has 1 saturated carbocycles. The number of aliphatic hydroxyl groups is 1. The monoisotopic (exact) mass is 503 g/mol. The van der Waals surface area contributed by atoms with Crippen LogP contribution in [-0.4, -0.2) is 59.1 Å². The van der Waals surface area contributed by atoms with Crippen molar-refractivity contribution in [1.82, 2.24) is 5.32 Å². The van der Waals surface area contributed by atoms with Gasteiger partial charge in [-0.25, -0.2) is 0 Å². The molecule has 0 aromatic heterocycles. The summed E-state index contributed by atoms with van der Waals surface area (Å²) in [4.78, 5) is 23.9. The Morgan fingerprint density at radius 1 is 1.14 bits per heavy atom. The highest BCUT2D eigenvalue weighted by molar-refractivity contribution is 5.87. The highest BCUT2D eigenvalue weighted by Crippen LogP contribution is 2.46. The van der Waals surface area contributed by atoms with E-state index in [2.05, 4.69) is 18.3 Å². The fourth-order valence-corrected chi connectivity index (χ4v) is 5.15. The molecule has 0 unspecified atom stereocenters. The van der Waals surface area contributed by atoms with Gasteiger partial charge in [-0.15, -0.1) is 0 Å². The minimum absolute atomic E-state index is 0.138. The van der Waals surface area contributed by atoms with Crippen LogP contribution in [0.15, 0.2) is 36.0 Å². The van der Waals surface area contributed by atoms with Crippen molar-refractivity contribution in [2.45, 2.75) is 116 Å². The fraction of sp³-hybridized carbons (Fsp3) is 0.724. The molecule has 4 atom stereocenters. The van der Waals surface area contributed by atoms with Crippen molar-refractivity contribution in [2.75, 3.05) is 6.61 Å². The summed E-state index contributed by atoms with van der Waals surface area (Å²) >= 11 is 0. The Kier molecular flexibility index (Phi) is 9.58. The maximum absolute atomic E-state index is 12.3. The molecule has 1 spiro atoms. The molecule has 2 aliphatic heterocycles. The van der Waals surface area contributed by atoms with Gasteiger partial charge in [0.1, 0.15) is 23.9 Å². The van der Waals surface area contributed by atoms with Crippen molar-refractivity contribution in [1.29, 1.82) is 0 Å². The second-order valence-corrected chi connectivity index (χ2v) is 11.7. The second kappa shape index (κ2) is 12.1. The van der Waals surface area contributed by atoms with E-state index in [4.69, 9.17) is 14.2 Å². The summed E-state index contributed by atoms with van der Waals surface area (Å²) in [5.41, 5.74) is 0.412. The summed E-state index contributed by atoms with van der Waals surface area (Å²) in [6.07, 6.45) is 13.7. The third-order valence-electron chi connectivity index (χ3n) is 7.35. The number of aliphatic hydroxyl groups excluding tert-OH is 1. The first-order valence-electron chi connectivity index (χ1n) is 13.4. The molecule has 2 heterocycles. The van der Waals surface area contributed by atoms with Crippen LogP contribution in [-0.2, 0) is 23.8 Å². The Bertz CT molecular complexity index is 861. The van der Waals surface area contributed by atoms with Crippen LogP contribution in [0.3, 0.4) is 0 Å². The van der Waals surface area contributed by atoms with Crippen LogP contribution >= 0.6 is 0 Å². The van der Waals surface area contributed by atoms with Crippen LogP contribution in [0.25, 0.3) is 0 Å². The molecule has 1 amide bonds. The van der Waals surface area contributed by atoms with Gasteiger partial charge >= 0.3 is 5.97 Å². The molecule has 7 heteroatoms. The van der Waals surface area contributed by atoms with E-state index >= 15 is 0 Å². The summed E-state index contributed by atoms with van der Waals surface area (Å²) < 4.78 is 17.0. The average molecular weight is 504 g/mol. The molecule has 1 aliphatic carbocycles. The molecule has 202 valence electrons. The zero-order valence-electron chi connectivity index (χ0n) is 22.8. The zero-order valence-corrected chi connectivity index (χ0v) is 22.8. The van der Waals surface area contributed by atoms with Crippen molar-refractivity contribution < 1.29 is 28.9 Å².